The van der Waals surface area contributed by atoms with Gasteiger partial charge in [-0.2, -0.15) is 0 Å². The second-order valence-corrected chi connectivity index (χ2v) is 6.06. The van der Waals surface area contributed by atoms with Crippen LogP contribution in [0.25, 0.3) is 0 Å². The van der Waals surface area contributed by atoms with E-state index in [0.29, 0.717) is 17.8 Å². The summed E-state index contributed by atoms with van der Waals surface area (Å²) in [6.07, 6.45) is 0. The van der Waals surface area contributed by atoms with E-state index in [1.54, 1.807) is 6.07 Å². The molecule has 23 heavy (non-hydrogen) atoms. The van der Waals surface area contributed by atoms with Gasteiger partial charge in [0, 0.05) is 38.3 Å². The summed E-state index contributed by atoms with van der Waals surface area (Å²) < 4.78 is 0. The number of halogens is 1. The van der Waals surface area contributed by atoms with Gasteiger partial charge >= 0.3 is 0 Å². The molecular weight excluding hydrogens is 316 g/mol. The highest BCUT2D eigenvalue weighted by Gasteiger charge is 2.29. The number of benzene rings is 1. The number of rotatable bonds is 1. The maximum Gasteiger partial charge on any atom is 0.254 e. The van der Waals surface area contributed by atoms with Gasteiger partial charge in [0.05, 0.1) is 11.4 Å². The van der Waals surface area contributed by atoms with Gasteiger partial charge in [-0.1, -0.05) is 0 Å². The van der Waals surface area contributed by atoms with E-state index in [4.69, 9.17) is 0 Å². The molecule has 2 aliphatic heterocycles. The lowest BCUT2D eigenvalue weighted by molar-refractivity contribution is -0.117. The summed E-state index contributed by atoms with van der Waals surface area (Å²) in [5.41, 5.74) is 2.27. The van der Waals surface area contributed by atoms with Crippen LogP contribution in [-0.4, -0.2) is 55.5 Å². The van der Waals surface area contributed by atoms with Crippen molar-refractivity contribution in [2.75, 3.05) is 36.9 Å². The molecule has 3 rings (SSSR count). The normalized spacial score (nSPS) is 23.7. The molecule has 2 atom stereocenters. The molecule has 2 heterocycles. The highest BCUT2D eigenvalue weighted by Crippen LogP contribution is 2.32. The Morgan fingerprint density at radius 1 is 1.30 bits per heavy atom. The van der Waals surface area contributed by atoms with Crippen molar-refractivity contribution >= 4 is 35.6 Å². The fourth-order valence-electron chi connectivity index (χ4n) is 3.01. The van der Waals surface area contributed by atoms with Crippen LogP contribution in [-0.2, 0) is 4.79 Å². The molecule has 0 spiro atoms. The monoisotopic (exact) mass is 338 g/mol. The molecule has 1 aromatic carbocycles. The summed E-state index contributed by atoms with van der Waals surface area (Å²) in [6.45, 7) is 6.24. The largest absolute Gasteiger partial charge is 0.361 e. The van der Waals surface area contributed by atoms with E-state index >= 15 is 0 Å². The van der Waals surface area contributed by atoms with Gasteiger partial charge < -0.3 is 20.4 Å². The van der Waals surface area contributed by atoms with Gasteiger partial charge in [-0.15, -0.1) is 12.4 Å². The molecule has 1 aromatic rings. The van der Waals surface area contributed by atoms with Crippen molar-refractivity contribution in [3.8, 4) is 0 Å². The van der Waals surface area contributed by atoms with Gasteiger partial charge in [-0.05, 0) is 32.0 Å². The molecule has 0 saturated carbocycles. The van der Waals surface area contributed by atoms with Crippen molar-refractivity contribution in [3.05, 3.63) is 23.8 Å². The number of carbonyl (C=O) groups is 2. The Kier molecular flexibility index (Phi) is 5.16. The van der Waals surface area contributed by atoms with Gasteiger partial charge in [0.1, 0.15) is 6.04 Å². The molecule has 0 aromatic heterocycles. The zero-order chi connectivity index (χ0) is 15.9. The number of piperazine rings is 1. The van der Waals surface area contributed by atoms with Gasteiger partial charge in [0.25, 0.3) is 5.91 Å². The first-order valence-corrected chi connectivity index (χ1v) is 7.68. The van der Waals surface area contributed by atoms with Crippen LogP contribution in [0.3, 0.4) is 0 Å². The molecule has 2 aliphatic rings. The first-order valence-electron chi connectivity index (χ1n) is 7.68. The molecule has 0 aliphatic carbocycles. The quantitative estimate of drug-likeness (QED) is 0.810. The standard InChI is InChI=1S/C16H22N4O2.ClH/c1-10-9-17-6-7-20(10)16(22)12-4-5-14-13(8-12)18-15(21)11(2)19(14)3;/h4-5,8,10-11,17H,6-7,9H2,1-3H3,(H,18,21);1H/t10-,11?;/m1./s1. The van der Waals surface area contributed by atoms with Gasteiger partial charge in [0.15, 0.2) is 0 Å². The molecule has 0 bridgehead atoms. The number of likely N-dealkylation sites (N-methyl/N-ethyl adjacent to an activating group) is 1. The minimum Gasteiger partial charge on any atom is -0.361 e. The Morgan fingerprint density at radius 2 is 2.04 bits per heavy atom. The number of fused-ring (bicyclic) bond motifs is 1. The second kappa shape index (κ2) is 6.76. The lowest BCUT2D eigenvalue weighted by Crippen LogP contribution is -2.52. The summed E-state index contributed by atoms with van der Waals surface area (Å²) in [5, 5.41) is 6.17. The highest BCUT2D eigenvalue weighted by atomic mass is 35.5. The van der Waals surface area contributed by atoms with Crippen molar-refractivity contribution in [2.24, 2.45) is 0 Å². The van der Waals surface area contributed by atoms with Crippen molar-refractivity contribution in [1.29, 1.82) is 0 Å². The van der Waals surface area contributed by atoms with Gasteiger partial charge in [-0.25, -0.2) is 0 Å². The summed E-state index contributed by atoms with van der Waals surface area (Å²) in [7, 11) is 1.89. The molecule has 1 unspecified atom stereocenters. The maximum absolute atomic E-state index is 12.7. The van der Waals surface area contributed by atoms with E-state index in [9.17, 15) is 9.59 Å². The number of nitrogens with one attached hydrogen (secondary N) is 2. The SMILES string of the molecule is CC1C(=O)Nc2cc(C(=O)N3CCNC[C@H]3C)ccc2N1C.Cl. The van der Waals surface area contributed by atoms with Crippen molar-refractivity contribution in [2.45, 2.75) is 25.9 Å². The topological polar surface area (TPSA) is 64.7 Å². The van der Waals surface area contributed by atoms with Crippen LogP contribution < -0.4 is 15.5 Å². The lowest BCUT2D eigenvalue weighted by Gasteiger charge is -2.35. The predicted molar refractivity (Wildman–Crippen MR) is 93.6 cm³/mol. The summed E-state index contributed by atoms with van der Waals surface area (Å²) >= 11 is 0. The Bertz CT molecular complexity index is 622. The summed E-state index contributed by atoms with van der Waals surface area (Å²) in [4.78, 5) is 28.5. The van der Waals surface area contributed by atoms with Crippen LogP contribution in [0.15, 0.2) is 18.2 Å². The molecule has 0 radical (unpaired) electrons. The zero-order valence-corrected chi connectivity index (χ0v) is 14.4. The lowest BCUT2D eigenvalue weighted by atomic mass is 10.1. The van der Waals surface area contributed by atoms with E-state index in [2.05, 4.69) is 10.6 Å². The summed E-state index contributed by atoms with van der Waals surface area (Å²) in [6, 6.07) is 5.51. The first-order chi connectivity index (χ1) is 10.5. The van der Waals surface area contributed by atoms with E-state index in [1.165, 1.54) is 0 Å². The predicted octanol–water partition coefficient (Wildman–Crippen LogP) is 1.32. The third kappa shape index (κ3) is 3.14. The van der Waals surface area contributed by atoms with E-state index in [-0.39, 0.29) is 36.3 Å². The number of anilines is 2. The van der Waals surface area contributed by atoms with Gasteiger partial charge in [0.2, 0.25) is 5.91 Å². The smallest absolute Gasteiger partial charge is 0.254 e. The minimum atomic E-state index is -0.206. The van der Waals surface area contributed by atoms with E-state index < -0.39 is 0 Å². The van der Waals surface area contributed by atoms with Crippen LogP contribution in [0, 0.1) is 0 Å². The van der Waals surface area contributed by atoms with Crippen LogP contribution in [0.4, 0.5) is 11.4 Å². The fraction of sp³-hybridized carbons (Fsp3) is 0.500. The highest BCUT2D eigenvalue weighted by molar-refractivity contribution is 6.05. The Balaban J connectivity index is 0.00000192. The fourth-order valence-corrected chi connectivity index (χ4v) is 3.01. The Hall–Kier alpha value is -1.79. The molecule has 1 fully saturated rings. The van der Waals surface area contributed by atoms with E-state index in [1.807, 2.05) is 42.8 Å². The third-order valence-corrected chi connectivity index (χ3v) is 4.60. The number of amides is 2. The minimum absolute atomic E-state index is 0. The molecule has 1 saturated heterocycles. The number of carbonyl (C=O) groups excluding carboxylic acids is 2. The van der Waals surface area contributed by atoms with Crippen molar-refractivity contribution < 1.29 is 9.59 Å². The average molecular weight is 339 g/mol. The number of nitrogens with zero attached hydrogens (tertiary/aromatic N) is 2. The van der Waals surface area contributed by atoms with Crippen LogP contribution in [0.2, 0.25) is 0 Å². The third-order valence-electron chi connectivity index (χ3n) is 4.60. The molecular formula is C16H23ClN4O2. The first kappa shape index (κ1) is 17.6. The van der Waals surface area contributed by atoms with Crippen LogP contribution in [0.5, 0.6) is 0 Å². The number of hydrogen-bond donors (Lipinski definition) is 2. The zero-order valence-electron chi connectivity index (χ0n) is 13.6. The summed E-state index contributed by atoms with van der Waals surface area (Å²) in [5.74, 6) is -0.0255. The average Bonchev–Trinajstić information content (AvgIpc) is 2.52. The number of hydrogen-bond acceptors (Lipinski definition) is 4. The maximum atomic E-state index is 12.7. The van der Waals surface area contributed by atoms with E-state index in [0.717, 1.165) is 18.8 Å². The van der Waals surface area contributed by atoms with Crippen molar-refractivity contribution in [1.82, 2.24) is 10.2 Å². The molecule has 2 amide bonds. The Morgan fingerprint density at radius 3 is 2.74 bits per heavy atom. The second-order valence-electron chi connectivity index (χ2n) is 6.06. The van der Waals surface area contributed by atoms with Crippen LogP contribution >= 0.6 is 12.4 Å². The van der Waals surface area contributed by atoms with Gasteiger partial charge in [-0.3, -0.25) is 9.59 Å². The molecule has 2 N–H and O–H groups in total. The molecule has 126 valence electrons. The van der Waals surface area contributed by atoms with Crippen LogP contribution in [0.1, 0.15) is 24.2 Å². The Labute approximate surface area is 142 Å². The molecule has 6 nitrogen and oxygen atoms in total. The molecule has 7 heteroatoms. The van der Waals surface area contributed by atoms with Crippen molar-refractivity contribution in [3.63, 3.8) is 0 Å².